The lowest BCUT2D eigenvalue weighted by Crippen LogP contribution is -2.04. The van der Waals surface area contributed by atoms with E-state index in [0.29, 0.717) is 5.75 Å². The van der Waals surface area contributed by atoms with E-state index < -0.39 is 11.7 Å². The first kappa shape index (κ1) is 19.3. The van der Waals surface area contributed by atoms with E-state index in [9.17, 15) is 13.2 Å². The molecule has 146 valence electrons. The van der Waals surface area contributed by atoms with Crippen LogP contribution in [-0.4, -0.2) is 9.55 Å². The number of benzene rings is 3. The number of imidazole rings is 1. The second kappa shape index (κ2) is 8.17. The van der Waals surface area contributed by atoms with E-state index in [1.807, 2.05) is 66.9 Å². The van der Waals surface area contributed by atoms with Crippen LogP contribution in [0.2, 0.25) is 0 Å². The molecule has 1 heterocycles. The maximum atomic E-state index is 12.8. The fourth-order valence-electron chi connectivity index (χ4n) is 3.01. The van der Waals surface area contributed by atoms with Gasteiger partial charge in [0.05, 0.1) is 17.5 Å². The molecule has 0 amide bonds. The van der Waals surface area contributed by atoms with E-state index in [1.54, 1.807) is 0 Å². The first-order valence-corrected chi connectivity index (χ1v) is 9.98. The summed E-state index contributed by atoms with van der Waals surface area (Å²) in [5.74, 6) is 0.524. The number of thioether (sulfide) groups is 1. The van der Waals surface area contributed by atoms with Crippen LogP contribution in [0.1, 0.15) is 11.1 Å². The lowest BCUT2D eigenvalue weighted by Gasteiger charge is -2.12. The van der Waals surface area contributed by atoms with Crippen LogP contribution in [0.25, 0.3) is 16.9 Å². The second-order valence-electron chi connectivity index (χ2n) is 6.45. The second-order valence-corrected chi connectivity index (χ2v) is 7.39. The van der Waals surface area contributed by atoms with Crippen LogP contribution in [0.3, 0.4) is 0 Å². The Bertz CT molecular complexity index is 1070. The summed E-state index contributed by atoms with van der Waals surface area (Å²) in [6.45, 7) is 0. The minimum atomic E-state index is -4.32. The maximum absolute atomic E-state index is 12.8. The molecular formula is C23H17F3N2S. The Morgan fingerprint density at radius 2 is 1.41 bits per heavy atom. The van der Waals surface area contributed by atoms with Gasteiger partial charge >= 0.3 is 6.18 Å². The third-order valence-electron chi connectivity index (χ3n) is 4.46. The lowest BCUT2D eigenvalue weighted by atomic mass is 10.1. The summed E-state index contributed by atoms with van der Waals surface area (Å²) < 4.78 is 40.3. The molecule has 0 fully saturated rings. The van der Waals surface area contributed by atoms with Crippen molar-refractivity contribution < 1.29 is 13.2 Å². The Morgan fingerprint density at radius 1 is 0.793 bits per heavy atom. The standard InChI is InChI=1S/C23H17F3N2S/c24-23(25,26)19-13-11-17(12-14-19)16-29-22-27-15-21(18-7-3-1-4-8-18)28(22)20-9-5-2-6-10-20/h1-15H,16H2. The smallest absolute Gasteiger partial charge is 0.287 e. The van der Waals surface area contributed by atoms with Crippen molar-refractivity contribution in [3.8, 4) is 16.9 Å². The summed E-state index contributed by atoms with van der Waals surface area (Å²) in [4.78, 5) is 4.59. The molecule has 0 unspecified atom stereocenters. The van der Waals surface area contributed by atoms with Crippen molar-refractivity contribution in [2.75, 3.05) is 0 Å². The van der Waals surface area contributed by atoms with Crippen molar-refractivity contribution in [3.63, 3.8) is 0 Å². The highest BCUT2D eigenvalue weighted by molar-refractivity contribution is 7.98. The molecule has 0 bridgehead atoms. The molecule has 4 aromatic rings. The predicted octanol–water partition coefficient (Wildman–Crippen LogP) is 6.85. The van der Waals surface area contributed by atoms with Gasteiger partial charge in [-0.1, -0.05) is 72.4 Å². The molecule has 1 aromatic heterocycles. The average Bonchev–Trinajstić information content (AvgIpc) is 3.17. The number of rotatable bonds is 5. The number of nitrogens with zero attached hydrogens (tertiary/aromatic N) is 2. The normalized spacial score (nSPS) is 11.6. The molecule has 0 radical (unpaired) electrons. The SMILES string of the molecule is FC(F)(F)c1ccc(CSc2ncc(-c3ccccc3)n2-c2ccccc2)cc1. The number of aromatic nitrogens is 2. The van der Waals surface area contributed by atoms with Crippen molar-refractivity contribution >= 4 is 11.8 Å². The predicted molar refractivity (Wildman–Crippen MR) is 110 cm³/mol. The first-order valence-electron chi connectivity index (χ1n) is 9.00. The van der Waals surface area contributed by atoms with Crippen molar-refractivity contribution in [2.24, 2.45) is 0 Å². The molecule has 0 aliphatic heterocycles. The summed E-state index contributed by atoms with van der Waals surface area (Å²) in [6.07, 6.45) is -2.49. The van der Waals surface area contributed by atoms with Crippen LogP contribution >= 0.6 is 11.8 Å². The summed E-state index contributed by atoms with van der Waals surface area (Å²) in [6, 6.07) is 25.2. The van der Waals surface area contributed by atoms with Gasteiger partial charge in [0.1, 0.15) is 0 Å². The van der Waals surface area contributed by atoms with Gasteiger partial charge in [0.25, 0.3) is 0 Å². The zero-order chi connectivity index (χ0) is 20.3. The number of para-hydroxylation sites is 1. The van der Waals surface area contributed by atoms with Gasteiger partial charge in [-0.2, -0.15) is 13.2 Å². The number of alkyl halides is 3. The molecule has 3 aromatic carbocycles. The Labute approximate surface area is 171 Å². The zero-order valence-corrected chi connectivity index (χ0v) is 16.1. The summed E-state index contributed by atoms with van der Waals surface area (Å²) in [5, 5.41) is 0.787. The Balaban J connectivity index is 1.63. The fourth-order valence-corrected chi connectivity index (χ4v) is 3.96. The van der Waals surface area contributed by atoms with E-state index in [2.05, 4.69) is 9.55 Å². The van der Waals surface area contributed by atoms with Gasteiger partial charge in [-0.3, -0.25) is 4.57 Å². The molecule has 0 saturated carbocycles. The fraction of sp³-hybridized carbons (Fsp3) is 0.0870. The van der Waals surface area contributed by atoms with Gasteiger partial charge in [0.15, 0.2) is 5.16 Å². The molecule has 0 N–H and O–H groups in total. The van der Waals surface area contributed by atoms with E-state index in [4.69, 9.17) is 0 Å². The first-order chi connectivity index (χ1) is 14.0. The van der Waals surface area contributed by atoms with Crippen molar-refractivity contribution in [3.05, 3.63) is 102 Å². The van der Waals surface area contributed by atoms with Crippen molar-refractivity contribution in [1.82, 2.24) is 9.55 Å². The molecule has 0 aliphatic carbocycles. The average molecular weight is 410 g/mol. The van der Waals surface area contributed by atoms with Gasteiger partial charge in [-0.15, -0.1) is 0 Å². The highest BCUT2D eigenvalue weighted by Crippen LogP contribution is 2.33. The third-order valence-corrected chi connectivity index (χ3v) is 5.49. The number of hydrogen-bond acceptors (Lipinski definition) is 2. The van der Waals surface area contributed by atoms with E-state index in [-0.39, 0.29) is 0 Å². The van der Waals surface area contributed by atoms with Crippen LogP contribution < -0.4 is 0 Å². The molecular weight excluding hydrogens is 393 g/mol. The number of hydrogen-bond donors (Lipinski definition) is 0. The summed E-state index contributed by atoms with van der Waals surface area (Å²) >= 11 is 1.49. The monoisotopic (exact) mass is 410 g/mol. The molecule has 6 heteroatoms. The van der Waals surface area contributed by atoms with Gasteiger partial charge in [-0.25, -0.2) is 4.98 Å². The summed E-state index contributed by atoms with van der Waals surface area (Å²) in [5.41, 5.74) is 3.17. The highest BCUT2D eigenvalue weighted by atomic mass is 32.2. The molecule has 29 heavy (non-hydrogen) atoms. The topological polar surface area (TPSA) is 17.8 Å². The van der Waals surface area contributed by atoms with E-state index in [1.165, 1.54) is 23.9 Å². The van der Waals surface area contributed by atoms with Crippen molar-refractivity contribution in [2.45, 2.75) is 17.1 Å². The Morgan fingerprint density at radius 3 is 2.03 bits per heavy atom. The van der Waals surface area contributed by atoms with Gasteiger partial charge in [-0.05, 0) is 29.8 Å². The van der Waals surface area contributed by atoms with Crippen LogP contribution in [-0.2, 0) is 11.9 Å². The van der Waals surface area contributed by atoms with Crippen LogP contribution in [0.15, 0.2) is 96.3 Å². The molecule has 4 rings (SSSR count). The minimum absolute atomic E-state index is 0.524. The largest absolute Gasteiger partial charge is 0.416 e. The van der Waals surface area contributed by atoms with Crippen LogP contribution in [0.4, 0.5) is 13.2 Å². The van der Waals surface area contributed by atoms with Gasteiger partial charge in [0.2, 0.25) is 0 Å². The molecule has 0 atom stereocenters. The quantitative estimate of drug-likeness (QED) is 0.335. The Kier molecular flexibility index (Phi) is 5.45. The highest BCUT2D eigenvalue weighted by Gasteiger charge is 2.29. The van der Waals surface area contributed by atoms with Crippen LogP contribution in [0, 0.1) is 0 Å². The van der Waals surface area contributed by atoms with Gasteiger partial charge < -0.3 is 0 Å². The van der Waals surface area contributed by atoms with Crippen LogP contribution in [0.5, 0.6) is 0 Å². The maximum Gasteiger partial charge on any atom is 0.416 e. The van der Waals surface area contributed by atoms with Gasteiger partial charge in [0, 0.05) is 17.0 Å². The lowest BCUT2D eigenvalue weighted by molar-refractivity contribution is -0.137. The molecule has 0 spiro atoms. The Hall–Kier alpha value is -2.99. The zero-order valence-electron chi connectivity index (χ0n) is 15.3. The van der Waals surface area contributed by atoms with E-state index >= 15 is 0 Å². The van der Waals surface area contributed by atoms with E-state index in [0.717, 1.165) is 39.8 Å². The molecule has 2 nitrogen and oxygen atoms in total. The molecule has 0 aliphatic rings. The minimum Gasteiger partial charge on any atom is -0.287 e. The third kappa shape index (κ3) is 4.38. The number of halogens is 3. The summed E-state index contributed by atoms with van der Waals surface area (Å²) in [7, 11) is 0. The van der Waals surface area contributed by atoms with Crippen molar-refractivity contribution in [1.29, 1.82) is 0 Å². The molecule has 0 saturated heterocycles.